The first-order valence-corrected chi connectivity index (χ1v) is 7.50. The number of carboxylic acid groups (broad SMARTS) is 1. The molecule has 1 fully saturated rings. The van der Waals surface area contributed by atoms with E-state index in [4.69, 9.17) is 0 Å². The summed E-state index contributed by atoms with van der Waals surface area (Å²) in [6, 6.07) is 6.42. The Hall–Kier alpha value is -1.91. The molecular formula is C16H21NO4. The number of aryl methyl sites for hydroxylation is 1. The van der Waals surface area contributed by atoms with Crippen molar-refractivity contribution < 1.29 is 14.8 Å². The van der Waals surface area contributed by atoms with Crippen LogP contribution < -0.4 is 0 Å². The van der Waals surface area contributed by atoms with E-state index in [1.54, 1.807) is 12.1 Å². The predicted octanol–water partition coefficient (Wildman–Crippen LogP) is 3.95. The number of hydrogen-bond acceptors (Lipinski definition) is 3. The Morgan fingerprint density at radius 3 is 2.19 bits per heavy atom. The number of rotatable bonds is 5. The number of nitro benzene ring substituents is 1. The molecule has 0 aliphatic heterocycles. The normalized spacial score (nSPS) is 17.9. The fraction of sp³-hybridized carbons (Fsp3) is 0.562. The van der Waals surface area contributed by atoms with Crippen LogP contribution in [0.25, 0.3) is 0 Å². The maximum atomic E-state index is 11.7. The largest absolute Gasteiger partial charge is 0.481 e. The van der Waals surface area contributed by atoms with Crippen molar-refractivity contribution in [3.8, 4) is 0 Å². The van der Waals surface area contributed by atoms with E-state index >= 15 is 0 Å². The first-order chi connectivity index (χ1) is 10.0. The molecule has 114 valence electrons. The quantitative estimate of drug-likeness (QED) is 0.506. The number of carboxylic acids is 1. The van der Waals surface area contributed by atoms with Gasteiger partial charge in [0.15, 0.2) is 0 Å². The molecule has 1 aromatic rings. The van der Waals surface area contributed by atoms with Gasteiger partial charge >= 0.3 is 5.97 Å². The van der Waals surface area contributed by atoms with Gasteiger partial charge in [0.2, 0.25) is 0 Å². The molecule has 1 saturated carbocycles. The summed E-state index contributed by atoms with van der Waals surface area (Å²) in [7, 11) is 0. The minimum absolute atomic E-state index is 0.0705. The molecule has 5 heteroatoms. The van der Waals surface area contributed by atoms with Gasteiger partial charge < -0.3 is 5.11 Å². The van der Waals surface area contributed by atoms with Gasteiger partial charge in [-0.15, -0.1) is 0 Å². The molecule has 0 bridgehead atoms. The van der Waals surface area contributed by atoms with Crippen LogP contribution in [-0.2, 0) is 11.2 Å². The number of hydrogen-bond donors (Lipinski definition) is 1. The molecule has 2 rings (SSSR count). The summed E-state index contributed by atoms with van der Waals surface area (Å²) in [5.41, 5.74) is 0.421. The van der Waals surface area contributed by atoms with E-state index in [9.17, 15) is 20.0 Å². The molecule has 0 heterocycles. The van der Waals surface area contributed by atoms with Crippen molar-refractivity contribution in [2.75, 3.05) is 0 Å². The monoisotopic (exact) mass is 291 g/mol. The van der Waals surface area contributed by atoms with Gasteiger partial charge in [0.25, 0.3) is 5.69 Å². The van der Waals surface area contributed by atoms with Crippen molar-refractivity contribution in [3.63, 3.8) is 0 Å². The Morgan fingerprint density at radius 1 is 1.14 bits per heavy atom. The molecular weight excluding hydrogens is 270 g/mol. The van der Waals surface area contributed by atoms with Crippen molar-refractivity contribution in [1.82, 2.24) is 0 Å². The molecule has 0 amide bonds. The summed E-state index contributed by atoms with van der Waals surface area (Å²) in [5.74, 6) is -0.689. The number of nitro groups is 1. The van der Waals surface area contributed by atoms with Crippen LogP contribution in [0.1, 0.15) is 50.5 Å². The van der Waals surface area contributed by atoms with E-state index in [1.807, 2.05) is 0 Å². The Bertz CT molecular complexity index is 502. The first-order valence-electron chi connectivity index (χ1n) is 7.50. The van der Waals surface area contributed by atoms with Gasteiger partial charge in [-0.2, -0.15) is 0 Å². The number of carbonyl (C=O) groups is 1. The average molecular weight is 291 g/mol. The SMILES string of the molecule is O=C(O)C1(CCc2ccc([N+](=O)[O-])cc2)CCCCCC1. The van der Waals surface area contributed by atoms with Crippen LogP contribution in [0.2, 0.25) is 0 Å². The van der Waals surface area contributed by atoms with Gasteiger partial charge in [-0.3, -0.25) is 14.9 Å². The van der Waals surface area contributed by atoms with Crippen LogP contribution in [-0.4, -0.2) is 16.0 Å². The van der Waals surface area contributed by atoms with E-state index in [1.165, 1.54) is 12.1 Å². The third kappa shape index (κ3) is 3.80. The van der Waals surface area contributed by atoms with E-state index < -0.39 is 16.3 Å². The van der Waals surface area contributed by atoms with Crippen LogP contribution in [0.15, 0.2) is 24.3 Å². The summed E-state index contributed by atoms with van der Waals surface area (Å²) < 4.78 is 0. The molecule has 21 heavy (non-hydrogen) atoms. The molecule has 0 spiro atoms. The number of benzene rings is 1. The maximum absolute atomic E-state index is 11.7. The van der Waals surface area contributed by atoms with Gasteiger partial charge in [0, 0.05) is 12.1 Å². The van der Waals surface area contributed by atoms with E-state index in [0.717, 1.165) is 44.1 Å². The van der Waals surface area contributed by atoms with Crippen LogP contribution in [0, 0.1) is 15.5 Å². The number of nitrogens with zero attached hydrogens (tertiary/aromatic N) is 1. The van der Waals surface area contributed by atoms with Crippen LogP contribution in [0.4, 0.5) is 5.69 Å². The molecule has 0 saturated heterocycles. The van der Waals surface area contributed by atoms with Gasteiger partial charge in [-0.1, -0.05) is 37.8 Å². The van der Waals surface area contributed by atoms with Gasteiger partial charge in [0.1, 0.15) is 0 Å². The van der Waals surface area contributed by atoms with Gasteiger partial charge in [0.05, 0.1) is 10.3 Å². The van der Waals surface area contributed by atoms with Crippen molar-refractivity contribution in [2.24, 2.45) is 5.41 Å². The molecule has 5 nitrogen and oxygen atoms in total. The van der Waals surface area contributed by atoms with E-state index in [-0.39, 0.29) is 5.69 Å². The summed E-state index contributed by atoms with van der Waals surface area (Å²) in [4.78, 5) is 21.9. The Balaban J connectivity index is 2.04. The zero-order valence-corrected chi connectivity index (χ0v) is 12.1. The Morgan fingerprint density at radius 2 is 1.71 bits per heavy atom. The lowest BCUT2D eigenvalue weighted by Crippen LogP contribution is -2.31. The van der Waals surface area contributed by atoms with Crippen molar-refractivity contribution in [2.45, 2.75) is 51.4 Å². The first kappa shape index (κ1) is 15.5. The number of non-ortho nitro benzene ring substituents is 1. The molecule has 1 aliphatic rings. The zero-order chi connectivity index (χ0) is 15.3. The highest BCUT2D eigenvalue weighted by Gasteiger charge is 2.37. The lowest BCUT2D eigenvalue weighted by molar-refractivity contribution is -0.384. The highest BCUT2D eigenvalue weighted by molar-refractivity contribution is 5.74. The molecule has 0 radical (unpaired) electrons. The summed E-state index contributed by atoms with van der Waals surface area (Å²) in [5, 5.41) is 20.2. The molecule has 1 aliphatic carbocycles. The fourth-order valence-electron chi connectivity index (χ4n) is 3.14. The molecule has 0 unspecified atom stereocenters. The Labute approximate surface area is 124 Å². The molecule has 0 aromatic heterocycles. The van der Waals surface area contributed by atoms with E-state index in [2.05, 4.69) is 0 Å². The van der Waals surface area contributed by atoms with Crippen molar-refractivity contribution >= 4 is 11.7 Å². The number of aliphatic carboxylic acids is 1. The summed E-state index contributed by atoms with van der Waals surface area (Å²) >= 11 is 0. The second-order valence-electron chi connectivity index (χ2n) is 5.92. The topological polar surface area (TPSA) is 80.4 Å². The smallest absolute Gasteiger partial charge is 0.309 e. The highest BCUT2D eigenvalue weighted by atomic mass is 16.6. The van der Waals surface area contributed by atoms with Crippen LogP contribution >= 0.6 is 0 Å². The van der Waals surface area contributed by atoms with Gasteiger partial charge in [-0.25, -0.2) is 0 Å². The lowest BCUT2D eigenvalue weighted by Gasteiger charge is -2.28. The van der Waals surface area contributed by atoms with Crippen molar-refractivity contribution in [1.29, 1.82) is 0 Å². The maximum Gasteiger partial charge on any atom is 0.309 e. The molecule has 1 N–H and O–H groups in total. The fourth-order valence-corrected chi connectivity index (χ4v) is 3.14. The average Bonchev–Trinajstić information content (AvgIpc) is 2.72. The second kappa shape index (κ2) is 6.70. The second-order valence-corrected chi connectivity index (χ2v) is 5.92. The minimum atomic E-state index is -0.689. The highest BCUT2D eigenvalue weighted by Crippen LogP contribution is 2.39. The third-order valence-electron chi connectivity index (χ3n) is 4.55. The predicted molar refractivity (Wildman–Crippen MR) is 79.2 cm³/mol. The zero-order valence-electron chi connectivity index (χ0n) is 12.1. The third-order valence-corrected chi connectivity index (χ3v) is 4.55. The minimum Gasteiger partial charge on any atom is -0.481 e. The summed E-state index contributed by atoms with van der Waals surface area (Å²) in [6.07, 6.45) is 6.95. The Kier molecular flexibility index (Phi) is 4.94. The van der Waals surface area contributed by atoms with E-state index in [0.29, 0.717) is 12.8 Å². The van der Waals surface area contributed by atoms with Crippen molar-refractivity contribution in [3.05, 3.63) is 39.9 Å². The van der Waals surface area contributed by atoms with Crippen LogP contribution in [0.3, 0.4) is 0 Å². The molecule has 0 atom stereocenters. The van der Waals surface area contributed by atoms with Gasteiger partial charge in [-0.05, 0) is 31.2 Å². The summed E-state index contributed by atoms with van der Waals surface area (Å²) in [6.45, 7) is 0. The molecule has 1 aromatic carbocycles. The van der Waals surface area contributed by atoms with Crippen LogP contribution in [0.5, 0.6) is 0 Å². The standard InChI is InChI=1S/C16H21NO4/c18-15(19)16(10-3-1-2-4-11-16)12-9-13-5-7-14(8-6-13)17(20)21/h5-8H,1-4,9-12H2,(H,18,19). The lowest BCUT2D eigenvalue weighted by atomic mass is 9.76.